The van der Waals surface area contributed by atoms with E-state index >= 15 is 4.39 Å². The molecular formula is C26H27ClFIN7O2S-. The van der Waals surface area contributed by atoms with Crippen LogP contribution in [0.15, 0.2) is 24.3 Å². The standard InChI is InChI=1S/C26H27ClFIN7O2S/c1-35-7-3-4-13(35)11-38-26-33-23-16(24(34-26)36-14-9-31-29-19(36)12-37-10-14)8-17(27)20(21(23)28)15-5-2-6-18-22(15)32-25(30)39-18/h2,5-6,8,13-14,19,31H,3-4,7,9-12H2,1H3,(H2,30,32)/q-1/t13-,14?,19?/m0/s1. The first-order valence-electron chi connectivity index (χ1n) is 12.9. The predicted octanol–water partition coefficient (Wildman–Crippen LogP) is 0.893. The Morgan fingerprint density at radius 1 is 1.28 bits per heavy atom. The maximum atomic E-state index is 16.6. The number of nitrogens with one attached hydrogen (secondary N) is 1. The third kappa shape index (κ3) is 4.58. The molecule has 9 nitrogen and oxygen atoms in total. The minimum absolute atomic E-state index is 0.0809. The van der Waals surface area contributed by atoms with Gasteiger partial charge in [0.1, 0.15) is 0 Å². The quantitative estimate of drug-likeness (QED) is 0.138. The van der Waals surface area contributed by atoms with Crippen LogP contribution >= 0.6 is 22.9 Å². The van der Waals surface area contributed by atoms with Crippen molar-refractivity contribution in [1.29, 1.82) is 0 Å². The number of likely N-dealkylation sites (N-methyl/N-ethyl adjacent to an activating group) is 1. The van der Waals surface area contributed by atoms with E-state index in [0.29, 0.717) is 47.2 Å². The topological polar surface area (TPSA) is 102 Å². The number of alkyl halides is 1. The Labute approximate surface area is 244 Å². The first kappa shape index (κ1) is 25.8. The van der Waals surface area contributed by atoms with Gasteiger partial charge in [0.15, 0.2) is 0 Å². The van der Waals surface area contributed by atoms with Crippen molar-refractivity contribution >= 4 is 55.0 Å². The molecule has 0 amide bonds. The third-order valence-electron chi connectivity index (χ3n) is 7.64. The van der Waals surface area contributed by atoms with Gasteiger partial charge in [0.05, 0.1) is 0 Å². The number of anilines is 2. The molecule has 2 unspecified atom stereocenters. The molecule has 3 atom stereocenters. The molecule has 3 aliphatic heterocycles. The van der Waals surface area contributed by atoms with E-state index in [1.807, 2.05) is 18.2 Å². The second kappa shape index (κ2) is 10.4. The number of hydrogen-bond donors (Lipinski definition) is 2. The van der Waals surface area contributed by atoms with Crippen LogP contribution in [0.25, 0.3) is 32.2 Å². The van der Waals surface area contributed by atoms with E-state index in [1.54, 1.807) is 6.07 Å². The third-order valence-corrected chi connectivity index (χ3v) is 11.4. The molecule has 0 spiro atoms. The van der Waals surface area contributed by atoms with Crippen molar-refractivity contribution < 1.29 is 35.3 Å². The number of likely N-dealkylation sites (tertiary alicyclic amines) is 1. The van der Waals surface area contributed by atoms with Crippen LogP contribution in [0.4, 0.5) is 15.3 Å². The second-order valence-electron chi connectivity index (χ2n) is 10.0. The van der Waals surface area contributed by atoms with Crippen LogP contribution in [0.1, 0.15) is 12.8 Å². The summed E-state index contributed by atoms with van der Waals surface area (Å²) in [7, 11) is 2.10. The summed E-state index contributed by atoms with van der Waals surface area (Å²) >= 11 is 7.85. The maximum absolute atomic E-state index is 16.6. The van der Waals surface area contributed by atoms with Gasteiger partial charge in [-0.05, 0) is 0 Å². The normalized spacial score (nSPS) is 23.9. The van der Waals surface area contributed by atoms with Crippen LogP contribution in [0.3, 0.4) is 0 Å². The number of nitrogens with two attached hydrogens (primary N) is 1. The molecule has 0 saturated carbocycles. The second-order valence-corrected chi connectivity index (χ2v) is 14.3. The number of fused-ring (bicyclic) bond motifs is 4. The van der Waals surface area contributed by atoms with Gasteiger partial charge in [-0.25, -0.2) is 0 Å². The monoisotopic (exact) mass is 682 g/mol. The first-order valence-corrected chi connectivity index (χ1v) is 16.4. The summed E-state index contributed by atoms with van der Waals surface area (Å²) in [6.07, 6.45) is 2.18. The minimum atomic E-state index is -0.519. The molecular weight excluding hydrogens is 656 g/mol. The molecule has 39 heavy (non-hydrogen) atoms. The molecule has 3 aliphatic rings. The molecule has 7 rings (SSSR count). The SMILES string of the molecule is CN1CCC[C@H]1COc1nc(N2C3CN[I-]C2COC3)c2cc(Cl)c(-c3cccc4sc(N)nc34)c(F)c2n1. The summed E-state index contributed by atoms with van der Waals surface area (Å²) in [5, 5.41) is 1.26. The molecule has 3 fully saturated rings. The van der Waals surface area contributed by atoms with Crippen LogP contribution in [-0.2, 0) is 4.74 Å². The van der Waals surface area contributed by atoms with E-state index < -0.39 is 5.82 Å². The molecule has 5 heterocycles. The number of benzene rings is 2. The van der Waals surface area contributed by atoms with Crippen LogP contribution in [0.5, 0.6) is 6.01 Å². The van der Waals surface area contributed by atoms with E-state index in [1.165, 1.54) is 11.3 Å². The molecule has 3 saturated heterocycles. The van der Waals surface area contributed by atoms with E-state index in [0.717, 1.165) is 30.6 Å². The van der Waals surface area contributed by atoms with Crippen LogP contribution in [-0.4, -0.2) is 75.9 Å². The predicted molar refractivity (Wildman–Crippen MR) is 148 cm³/mol. The zero-order chi connectivity index (χ0) is 26.7. The van der Waals surface area contributed by atoms with Crippen LogP contribution < -0.4 is 40.4 Å². The van der Waals surface area contributed by atoms with Gasteiger partial charge in [-0.1, -0.05) is 0 Å². The number of rotatable bonds is 5. The van der Waals surface area contributed by atoms with E-state index in [-0.39, 0.29) is 59.7 Å². The van der Waals surface area contributed by atoms with Crippen molar-refractivity contribution in [2.24, 2.45) is 0 Å². The molecule has 2 bridgehead atoms. The van der Waals surface area contributed by atoms with Crippen molar-refractivity contribution in [3.63, 3.8) is 0 Å². The van der Waals surface area contributed by atoms with Crippen molar-refractivity contribution in [2.45, 2.75) is 29.0 Å². The molecule has 13 heteroatoms. The molecule has 2 aromatic heterocycles. The number of nitrogen functional groups attached to an aromatic ring is 1. The van der Waals surface area contributed by atoms with Gasteiger partial charge >= 0.3 is 246 Å². The first-order chi connectivity index (χ1) is 19.0. The van der Waals surface area contributed by atoms with Gasteiger partial charge < -0.3 is 0 Å². The van der Waals surface area contributed by atoms with Crippen molar-refractivity contribution in [1.82, 2.24) is 23.4 Å². The molecule has 0 radical (unpaired) electrons. The van der Waals surface area contributed by atoms with Gasteiger partial charge in [0.2, 0.25) is 0 Å². The number of morpholine rings is 1. The zero-order valence-electron chi connectivity index (χ0n) is 21.2. The number of ether oxygens (including phenoxy) is 2. The molecule has 2 aromatic carbocycles. The van der Waals surface area contributed by atoms with Gasteiger partial charge in [-0.2, -0.15) is 0 Å². The Morgan fingerprint density at radius 2 is 2.18 bits per heavy atom. The Morgan fingerprint density at radius 3 is 3.00 bits per heavy atom. The van der Waals surface area contributed by atoms with Gasteiger partial charge in [0, 0.05) is 0 Å². The van der Waals surface area contributed by atoms with E-state index in [2.05, 4.69) is 30.3 Å². The molecule has 3 N–H and O–H groups in total. The fourth-order valence-electron chi connectivity index (χ4n) is 5.66. The van der Waals surface area contributed by atoms with E-state index in [4.69, 9.17) is 31.8 Å². The van der Waals surface area contributed by atoms with Crippen LogP contribution in [0.2, 0.25) is 5.02 Å². The molecule has 206 valence electrons. The summed E-state index contributed by atoms with van der Waals surface area (Å²) in [5.41, 5.74) is 7.63. The summed E-state index contributed by atoms with van der Waals surface area (Å²) in [4.78, 5) is 18.5. The Hall–Kier alpha value is -2.10. The zero-order valence-corrected chi connectivity index (χ0v) is 24.9. The summed E-state index contributed by atoms with van der Waals surface area (Å²) in [6, 6.07) is 7.91. The fourth-order valence-corrected chi connectivity index (χ4v) is 9.44. The van der Waals surface area contributed by atoms with Gasteiger partial charge in [-0.3, -0.25) is 0 Å². The molecule has 4 aromatic rings. The number of aromatic nitrogens is 3. The van der Waals surface area contributed by atoms with Crippen molar-refractivity contribution in [3.8, 4) is 17.1 Å². The number of nitrogens with zero attached hydrogens (tertiary/aromatic N) is 5. The summed E-state index contributed by atoms with van der Waals surface area (Å²) in [6.45, 7) is 3.45. The summed E-state index contributed by atoms with van der Waals surface area (Å²) < 4.78 is 33.3. The van der Waals surface area contributed by atoms with Gasteiger partial charge in [-0.15, -0.1) is 0 Å². The van der Waals surface area contributed by atoms with Gasteiger partial charge in [0.25, 0.3) is 0 Å². The van der Waals surface area contributed by atoms with E-state index in [9.17, 15) is 0 Å². The average molecular weight is 683 g/mol. The van der Waals surface area contributed by atoms with Crippen molar-refractivity contribution in [2.75, 3.05) is 50.6 Å². The molecule has 0 aliphatic carbocycles. The summed E-state index contributed by atoms with van der Waals surface area (Å²) in [5.74, 6) is 0.132. The van der Waals surface area contributed by atoms with Crippen LogP contribution in [0, 0.1) is 5.82 Å². The van der Waals surface area contributed by atoms with Crippen molar-refractivity contribution in [3.05, 3.63) is 35.1 Å². The fraction of sp³-hybridized carbons (Fsp3) is 0.423. The number of halogens is 3. The Balaban J connectivity index is 1.40. The Bertz CT molecular complexity index is 1550. The number of hydrogen-bond acceptors (Lipinski definition) is 10. The number of para-hydroxylation sites is 1. The Kier molecular flexibility index (Phi) is 6.88. The number of thiazole rings is 1. The average Bonchev–Trinajstić information content (AvgIpc) is 3.51.